The molecule has 0 bridgehead atoms. The van der Waals surface area contributed by atoms with Gasteiger partial charge in [-0.1, -0.05) is 6.92 Å². The number of hydrogen-bond acceptors (Lipinski definition) is 3. The summed E-state index contributed by atoms with van der Waals surface area (Å²) in [5, 5.41) is 0. The molecule has 3 nitrogen and oxygen atoms in total. The van der Waals surface area contributed by atoms with Gasteiger partial charge in [-0.3, -0.25) is 9.69 Å². The molecular weight excluding hydrogens is 178 g/mol. The molecule has 3 heteroatoms. The molecule has 0 aromatic rings. The maximum atomic E-state index is 11.7. The van der Waals surface area contributed by atoms with E-state index in [-0.39, 0.29) is 17.6 Å². The van der Waals surface area contributed by atoms with E-state index in [1.807, 2.05) is 27.8 Å². The largest absolute Gasteiger partial charge is 0.459 e. The number of cyclic esters (lactones) is 1. The second-order valence-corrected chi connectivity index (χ2v) is 4.88. The minimum Gasteiger partial charge on any atom is -0.459 e. The Morgan fingerprint density at radius 1 is 1.43 bits per heavy atom. The van der Waals surface area contributed by atoms with E-state index in [1.165, 1.54) is 0 Å². The summed E-state index contributed by atoms with van der Waals surface area (Å²) >= 11 is 0. The third-order valence-corrected chi connectivity index (χ3v) is 3.98. The van der Waals surface area contributed by atoms with Crippen LogP contribution < -0.4 is 0 Å². The van der Waals surface area contributed by atoms with E-state index >= 15 is 0 Å². The van der Waals surface area contributed by atoms with Crippen molar-refractivity contribution in [3.63, 3.8) is 0 Å². The van der Waals surface area contributed by atoms with Gasteiger partial charge >= 0.3 is 5.97 Å². The van der Waals surface area contributed by atoms with Gasteiger partial charge in [0.1, 0.15) is 11.6 Å². The molecule has 0 radical (unpaired) electrons. The molecule has 1 rings (SSSR count). The highest BCUT2D eigenvalue weighted by atomic mass is 16.6. The van der Waals surface area contributed by atoms with Crippen LogP contribution in [-0.2, 0) is 9.53 Å². The first kappa shape index (κ1) is 11.5. The van der Waals surface area contributed by atoms with Crippen molar-refractivity contribution in [3.8, 4) is 0 Å². The monoisotopic (exact) mass is 199 g/mol. The van der Waals surface area contributed by atoms with Crippen molar-refractivity contribution in [1.29, 1.82) is 0 Å². The van der Waals surface area contributed by atoms with E-state index in [4.69, 9.17) is 4.74 Å². The molecule has 0 N–H and O–H groups in total. The second kappa shape index (κ2) is 3.23. The number of carbonyl (C=O) groups excluding carboxylic acids is 1. The number of ether oxygens (including phenoxy) is 1. The Hall–Kier alpha value is -0.570. The summed E-state index contributed by atoms with van der Waals surface area (Å²) in [7, 11) is 2.00. The SMILES string of the molecule is CCC1(C)C(C)OC(=O)C(C)(C)N1C. The van der Waals surface area contributed by atoms with Crippen LogP contribution in [0.25, 0.3) is 0 Å². The van der Waals surface area contributed by atoms with Crippen molar-refractivity contribution in [1.82, 2.24) is 4.90 Å². The Labute approximate surface area is 86.4 Å². The molecule has 1 aliphatic heterocycles. The first-order valence-corrected chi connectivity index (χ1v) is 5.22. The zero-order valence-electron chi connectivity index (χ0n) is 10.0. The molecule has 1 heterocycles. The average molecular weight is 199 g/mol. The van der Waals surface area contributed by atoms with Crippen LogP contribution in [0.1, 0.15) is 41.0 Å². The molecule has 0 spiro atoms. The lowest BCUT2D eigenvalue weighted by Gasteiger charge is -2.53. The Morgan fingerprint density at radius 2 is 1.93 bits per heavy atom. The molecule has 82 valence electrons. The molecular formula is C11H21NO2. The molecule has 1 fully saturated rings. The van der Waals surface area contributed by atoms with Crippen LogP contribution in [0.5, 0.6) is 0 Å². The standard InChI is InChI=1S/C11H21NO2/c1-7-11(5)8(2)14-9(13)10(3,4)12(11)6/h8H,7H2,1-6H3. The highest BCUT2D eigenvalue weighted by Crippen LogP contribution is 2.36. The van der Waals surface area contributed by atoms with Crippen LogP contribution in [-0.4, -0.2) is 35.1 Å². The van der Waals surface area contributed by atoms with Gasteiger partial charge in [0.2, 0.25) is 0 Å². The molecule has 1 aliphatic rings. The van der Waals surface area contributed by atoms with E-state index in [2.05, 4.69) is 18.7 Å². The summed E-state index contributed by atoms with van der Waals surface area (Å²) in [5.41, 5.74) is -0.575. The van der Waals surface area contributed by atoms with E-state index in [0.717, 1.165) is 6.42 Å². The fraction of sp³-hybridized carbons (Fsp3) is 0.909. The lowest BCUT2D eigenvalue weighted by Crippen LogP contribution is -2.68. The molecule has 14 heavy (non-hydrogen) atoms. The van der Waals surface area contributed by atoms with Crippen molar-refractivity contribution in [2.75, 3.05) is 7.05 Å². The Morgan fingerprint density at radius 3 is 2.36 bits per heavy atom. The molecule has 0 aliphatic carbocycles. The first-order valence-electron chi connectivity index (χ1n) is 5.22. The quantitative estimate of drug-likeness (QED) is 0.603. The van der Waals surface area contributed by atoms with Crippen molar-refractivity contribution in [2.45, 2.75) is 58.2 Å². The van der Waals surface area contributed by atoms with Crippen LogP contribution in [0, 0.1) is 0 Å². The van der Waals surface area contributed by atoms with Crippen LogP contribution in [0.15, 0.2) is 0 Å². The number of likely N-dealkylation sites (N-methyl/N-ethyl adjacent to an activating group) is 1. The lowest BCUT2D eigenvalue weighted by molar-refractivity contribution is -0.194. The fourth-order valence-electron chi connectivity index (χ4n) is 2.00. The van der Waals surface area contributed by atoms with Gasteiger partial charge in [0.05, 0.1) is 5.54 Å². The van der Waals surface area contributed by atoms with Gasteiger partial charge in [0.25, 0.3) is 0 Å². The predicted molar refractivity (Wildman–Crippen MR) is 56.1 cm³/mol. The molecule has 1 saturated heterocycles. The molecule has 0 amide bonds. The Balaban J connectivity index is 3.07. The highest BCUT2D eigenvalue weighted by Gasteiger charge is 2.51. The van der Waals surface area contributed by atoms with Gasteiger partial charge in [-0.05, 0) is 41.2 Å². The van der Waals surface area contributed by atoms with E-state index in [1.54, 1.807) is 0 Å². The Kier molecular flexibility index (Phi) is 2.65. The average Bonchev–Trinajstić information content (AvgIpc) is 2.13. The smallest absolute Gasteiger partial charge is 0.326 e. The second-order valence-electron chi connectivity index (χ2n) is 4.88. The van der Waals surface area contributed by atoms with E-state index in [0.29, 0.717) is 0 Å². The van der Waals surface area contributed by atoms with Crippen LogP contribution in [0.4, 0.5) is 0 Å². The fourth-order valence-corrected chi connectivity index (χ4v) is 2.00. The predicted octanol–water partition coefficient (Wildman–Crippen LogP) is 1.81. The number of hydrogen-bond donors (Lipinski definition) is 0. The summed E-state index contributed by atoms with van der Waals surface area (Å²) in [6.07, 6.45) is 0.930. The van der Waals surface area contributed by atoms with Gasteiger partial charge in [-0.15, -0.1) is 0 Å². The zero-order chi connectivity index (χ0) is 11.1. The van der Waals surface area contributed by atoms with Crippen LogP contribution >= 0.6 is 0 Å². The summed E-state index contributed by atoms with van der Waals surface area (Å²) < 4.78 is 5.40. The van der Waals surface area contributed by atoms with Crippen molar-refractivity contribution >= 4 is 5.97 Å². The normalized spacial score (nSPS) is 38.1. The number of nitrogens with zero attached hydrogens (tertiary/aromatic N) is 1. The summed E-state index contributed by atoms with van der Waals surface area (Å²) in [4.78, 5) is 13.8. The maximum absolute atomic E-state index is 11.7. The zero-order valence-corrected chi connectivity index (χ0v) is 10.0. The molecule has 0 aromatic carbocycles. The third-order valence-electron chi connectivity index (χ3n) is 3.98. The molecule has 2 unspecified atom stereocenters. The van der Waals surface area contributed by atoms with Gasteiger partial charge in [0, 0.05) is 0 Å². The van der Waals surface area contributed by atoms with E-state index < -0.39 is 5.54 Å². The van der Waals surface area contributed by atoms with Crippen molar-refractivity contribution in [2.24, 2.45) is 0 Å². The topological polar surface area (TPSA) is 29.5 Å². The molecule has 0 saturated carbocycles. The van der Waals surface area contributed by atoms with Gasteiger partial charge in [0.15, 0.2) is 0 Å². The van der Waals surface area contributed by atoms with Gasteiger partial charge in [-0.2, -0.15) is 0 Å². The molecule has 2 atom stereocenters. The lowest BCUT2D eigenvalue weighted by atomic mass is 9.83. The number of esters is 1. The number of rotatable bonds is 1. The summed E-state index contributed by atoms with van der Waals surface area (Å²) in [6, 6.07) is 0. The van der Waals surface area contributed by atoms with Crippen LogP contribution in [0.2, 0.25) is 0 Å². The third kappa shape index (κ3) is 1.34. The maximum Gasteiger partial charge on any atom is 0.326 e. The minimum atomic E-state index is -0.517. The first-order chi connectivity index (χ1) is 6.26. The van der Waals surface area contributed by atoms with Gasteiger partial charge in [-0.25, -0.2) is 0 Å². The number of morpholine rings is 1. The number of carbonyl (C=O) groups is 1. The Bertz CT molecular complexity index is 250. The molecule has 0 aromatic heterocycles. The highest BCUT2D eigenvalue weighted by molar-refractivity contribution is 5.81. The van der Waals surface area contributed by atoms with Crippen molar-refractivity contribution < 1.29 is 9.53 Å². The van der Waals surface area contributed by atoms with Crippen LogP contribution in [0.3, 0.4) is 0 Å². The summed E-state index contributed by atoms with van der Waals surface area (Å²) in [5.74, 6) is -0.126. The van der Waals surface area contributed by atoms with E-state index in [9.17, 15) is 4.79 Å². The van der Waals surface area contributed by atoms with Crippen molar-refractivity contribution in [3.05, 3.63) is 0 Å². The minimum absolute atomic E-state index is 0.0435. The summed E-state index contributed by atoms with van der Waals surface area (Å²) in [6.45, 7) is 10.1. The van der Waals surface area contributed by atoms with Gasteiger partial charge < -0.3 is 4.74 Å².